The average molecular weight is 304 g/mol. The lowest BCUT2D eigenvalue weighted by atomic mass is 10.1. The summed E-state index contributed by atoms with van der Waals surface area (Å²) in [6.07, 6.45) is 0. The molecule has 0 spiro atoms. The van der Waals surface area contributed by atoms with Crippen LogP contribution >= 0.6 is 23.1 Å². The molecular formula is C13H12N4OS2. The molecule has 1 heterocycles. The fraction of sp³-hybridized carbons (Fsp3) is 0.231. The van der Waals surface area contributed by atoms with Crippen LogP contribution in [0.15, 0.2) is 28.6 Å². The molecule has 102 valence electrons. The normalized spacial score (nSPS) is 10.1. The van der Waals surface area contributed by atoms with Crippen LogP contribution in [0.25, 0.3) is 0 Å². The summed E-state index contributed by atoms with van der Waals surface area (Å²) in [6, 6.07) is 8.66. The van der Waals surface area contributed by atoms with E-state index in [2.05, 4.69) is 10.2 Å². The molecule has 0 N–H and O–H groups in total. The Balaban J connectivity index is 1.95. The lowest BCUT2D eigenvalue weighted by Crippen LogP contribution is -2.07. The number of benzene rings is 1. The van der Waals surface area contributed by atoms with E-state index in [-0.39, 0.29) is 5.78 Å². The maximum absolute atomic E-state index is 12.0. The molecule has 0 radical (unpaired) electrons. The van der Waals surface area contributed by atoms with Crippen LogP contribution in [0.4, 0.5) is 5.13 Å². The SMILES string of the molecule is CN(C)c1nnc(SCC(=O)c2ccc(C#N)cc2)s1. The second kappa shape index (κ2) is 6.50. The predicted octanol–water partition coefficient (Wildman–Crippen LogP) is 2.45. The number of thioether (sulfide) groups is 1. The van der Waals surface area contributed by atoms with Gasteiger partial charge in [-0.3, -0.25) is 4.79 Å². The van der Waals surface area contributed by atoms with Crippen molar-refractivity contribution in [3.05, 3.63) is 35.4 Å². The van der Waals surface area contributed by atoms with Crippen molar-refractivity contribution >= 4 is 34.0 Å². The van der Waals surface area contributed by atoms with Crippen LogP contribution in [0.2, 0.25) is 0 Å². The van der Waals surface area contributed by atoms with Crippen LogP contribution in [0.3, 0.4) is 0 Å². The summed E-state index contributed by atoms with van der Waals surface area (Å²) >= 11 is 2.83. The monoisotopic (exact) mass is 304 g/mol. The van der Waals surface area contributed by atoms with Crippen LogP contribution in [0.1, 0.15) is 15.9 Å². The molecule has 20 heavy (non-hydrogen) atoms. The van der Waals surface area contributed by atoms with E-state index in [9.17, 15) is 4.79 Å². The van der Waals surface area contributed by atoms with Gasteiger partial charge < -0.3 is 4.90 Å². The molecule has 0 aliphatic carbocycles. The zero-order valence-electron chi connectivity index (χ0n) is 11.0. The summed E-state index contributed by atoms with van der Waals surface area (Å²) in [5.41, 5.74) is 1.16. The molecular weight excluding hydrogens is 292 g/mol. The number of carbonyl (C=O) groups excluding carboxylic acids is 1. The Labute approximate surface area is 125 Å². The van der Waals surface area contributed by atoms with Gasteiger partial charge in [0, 0.05) is 19.7 Å². The predicted molar refractivity (Wildman–Crippen MR) is 80.4 cm³/mol. The fourth-order valence-electron chi connectivity index (χ4n) is 1.38. The largest absolute Gasteiger partial charge is 0.353 e. The molecule has 2 rings (SSSR count). The third-order valence-corrected chi connectivity index (χ3v) is 4.67. The molecule has 0 saturated carbocycles. The highest BCUT2D eigenvalue weighted by Crippen LogP contribution is 2.27. The molecule has 0 saturated heterocycles. The number of anilines is 1. The minimum atomic E-state index is 0.0149. The fourth-order valence-corrected chi connectivity index (χ4v) is 3.04. The summed E-state index contributed by atoms with van der Waals surface area (Å²) in [4.78, 5) is 13.9. The molecule has 0 atom stereocenters. The van der Waals surface area contributed by atoms with Crippen LogP contribution in [-0.4, -0.2) is 35.8 Å². The van der Waals surface area contributed by atoms with E-state index < -0.39 is 0 Å². The quantitative estimate of drug-likeness (QED) is 0.624. The van der Waals surface area contributed by atoms with Gasteiger partial charge in [-0.25, -0.2) is 0 Å². The standard InChI is InChI=1S/C13H12N4OS2/c1-17(2)12-15-16-13(20-12)19-8-11(18)10-5-3-9(7-14)4-6-10/h3-6H,8H2,1-2H3. The number of carbonyl (C=O) groups is 1. The van der Waals surface area contributed by atoms with Crippen molar-refractivity contribution in [3.63, 3.8) is 0 Å². The number of rotatable bonds is 5. The molecule has 2 aromatic rings. The maximum Gasteiger partial charge on any atom is 0.208 e. The van der Waals surface area contributed by atoms with E-state index in [0.717, 1.165) is 9.47 Å². The van der Waals surface area contributed by atoms with E-state index in [0.29, 0.717) is 16.9 Å². The summed E-state index contributed by atoms with van der Waals surface area (Å²) in [6.45, 7) is 0. The van der Waals surface area contributed by atoms with Crippen molar-refractivity contribution in [3.8, 4) is 6.07 Å². The smallest absolute Gasteiger partial charge is 0.208 e. The molecule has 0 amide bonds. The summed E-state index contributed by atoms with van der Waals surface area (Å²) < 4.78 is 0.774. The number of ketones is 1. The molecule has 0 bridgehead atoms. The van der Waals surface area contributed by atoms with E-state index in [1.54, 1.807) is 24.3 Å². The second-order valence-corrected chi connectivity index (χ2v) is 6.32. The number of hydrogen-bond donors (Lipinski definition) is 0. The first-order chi connectivity index (χ1) is 9.60. The molecule has 5 nitrogen and oxygen atoms in total. The van der Waals surface area contributed by atoms with Gasteiger partial charge in [0.1, 0.15) is 0 Å². The molecule has 1 aromatic heterocycles. The minimum Gasteiger partial charge on any atom is -0.353 e. The highest BCUT2D eigenvalue weighted by Gasteiger charge is 2.10. The Morgan fingerprint density at radius 1 is 1.35 bits per heavy atom. The first-order valence-electron chi connectivity index (χ1n) is 5.77. The van der Waals surface area contributed by atoms with Gasteiger partial charge in [-0.1, -0.05) is 35.2 Å². The Kier molecular flexibility index (Phi) is 4.71. The summed E-state index contributed by atoms with van der Waals surface area (Å²) in [5.74, 6) is 0.328. The van der Waals surface area contributed by atoms with Gasteiger partial charge in [-0.05, 0) is 12.1 Å². The lowest BCUT2D eigenvalue weighted by molar-refractivity contribution is 0.102. The van der Waals surface area contributed by atoms with Crippen LogP contribution in [0, 0.1) is 11.3 Å². The maximum atomic E-state index is 12.0. The molecule has 7 heteroatoms. The van der Waals surface area contributed by atoms with Crippen molar-refractivity contribution < 1.29 is 4.79 Å². The third kappa shape index (κ3) is 3.56. The highest BCUT2D eigenvalue weighted by molar-refractivity contribution is 8.01. The molecule has 1 aromatic carbocycles. The topological polar surface area (TPSA) is 69.9 Å². The molecule has 0 fully saturated rings. The highest BCUT2D eigenvalue weighted by atomic mass is 32.2. The molecule has 0 unspecified atom stereocenters. The number of nitrogens with zero attached hydrogens (tertiary/aromatic N) is 4. The molecule has 0 aliphatic heterocycles. The Hall–Kier alpha value is -1.91. The van der Waals surface area contributed by atoms with Gasteiger partial charge in [0.05, 0.1) is 17.4 Å². The summed E-state index contributed by atoms with van der Waals surface area (Å²) in [7, 11) is 3.80. The third-order valence-electron chi connectivity index (χ3n) is 2.44. The van der Waals surface area contributed by atoms with E-state index in [1.165, 1.54) is 23.1 Å². The second-order valence-electron chi connectivity index (χ2n) is 4.15. The van der Waals surface area contributed by atoms with E-state index in [4.69, 9.17) is 5.26 Å². The number of aromatic nitrogens is 2. The van der Waals surface area contributed by atoms with Gasteiger partial charge in [0.15, 0.2) is 10.1 Å². The molecule has 0 aliphatic rings. The van der Waals surface area contributed by atoms with Gasteiger partial charge in [0.25, 0.3) is 0 Å². The number of nitriles is 1. The number of hydrogen-bond acceptors (Lipinski definition) is 7. The van der Waals surface area contributed by atoms with Crippen molar-refractivity contribution in [1.29, 1.82) is 5.26 Å². The van der Waals surface area contributed by atoms with Crippen molar-refractivity contribution in [2.75, 3.05) is 24.7 Å². The van der Waals surface area contributed by atoms with Gasteiger partial charge in [-0.2, -0.15) is 5.26 Å². The zero-order valence-corrected chi connectivity index (χ0v) is 12.7. The van der Waals surface area contributed by atoms with Crippen molar-refractivity contribution in [1.82, 2.24) is 10.2 Å². The van der Waals surface area contributed by atoms with E-state index >= 15 is 0 Å². The lowest BCUT2D eigenvalue weighted by Gasteiger charge is -2.03. The average Bonchev–Trinajstić information content (AvgIpc) is 2.94. The Bertz CT molecular complexity index is 643. The number of Topliss-reactive ketones (excluding diaryl/α,β-unsaturated/α-hetero) is 1. The van der Waals surface area contributed by atoms with Crippen LogP contribution in [0.5, 0.6) is 0 Å². The Morgan fingerprint density at radius 2 is 2.05 bits per heavy atom. The first kappa shape index (κ1) is 14.5. The zero-order chi connectivity index (χ0) is 14.5. The van der Waals surface area contributed by atoms with E-state index in [1.807, 2.05) is 25.1 Å². The first-order valence-corrected chi connectivity index (χ1v) is 7.57. The minimum absolute atomic E-state index is 0.0149. The Morgan fingerprint density at radius 3 is 2.60 bits per heavy atom. The van der Waals surface area contributed by atoms with Gasteiger partial charge >= 0.3 is 0 Å². The van der Waals surface area contributed by atoms with Crippen molar-refractivity contribution in [2.45, 2.75) is 4.34 Å². The van der Waals surface area contributed by atoms with Crippen LogP contribution < -0.4 is 4.90 Å². The summed E-state index contributed by atoms with van der Waals surface area (Å²) in [5, 5.41) is 17.6. The van der Waals surface area contributed by atoms with Gasteiger partial charge in [0.2, 0.25) is 5.13 Å². The van der Waals surface area contributed by atoms with Gasteiger partial charge in [-0.15, -0.1) is 10.2 Å². The van der Waals surface area contributed by atoms with Crippen LogP contribution in [-0.2, 0) is 0 Å². The van der Waals surface area contributed by atoms with Crippen molar-refractivity contribution in [2.24, 2.45) is 0 Å².